The van der Waals surface area contributed by atoms with Crippen LogP contribution in [-0.4, -0.2) is 10.1 Å². The van der Waals surface area contributed by atoms with E-state index in [4.69, 9.17) is 10.3 Å². The van der Waals surface area contributed by atoms with Crippen LogP contribution in [0, 0.1) is 5.92 Å². The molecular formula is C11H17N3O. The first-order valence-electron chi connectivity index (χ1n) is 5.93. The van der Waals surface area contributed by atoms with Crippen molar-refractivity contribution in [3.8, 4) is 0 Å². The number of hydrogen-bond acceptors (Lipinski definition) is 4. The molecule has 0 aliphatic heterocycles. The summed E-state index contributed by atoms with van der Waals surface area (Å²) < 4.78 is 5.23. The molecule has 0 aromatic carbocycles. The molecule has 82 valence electrons. The quantitative estimate of drug-likeness (QED) is 0.824. The predicted molar refractivity (Wildman–Crippen MR) is 55.2 cm³/mol. The second-order valence-electron chi connectivity index (χ2n) is 4.84. The number of hydrogen-bond donors (Lipinski definition) is 1. The summed E-state index contributed by atoms with van der Waals surface area (Å²) >= 11 is 0. The Morgan fingerprint density at radius 3 is 2.60 bits per heavy atom. The van der Waals surface area contributed by atoms with Gasteiger partial charge in [-0.05, 0) is 31.6 Å². The van der Waals surface area contributed by atoms with Crippen LogP contribution in [0.4, 0.5) is 0 Å². The first-order valence-corrected chi connectivity index (χ1v) is 5.93. The van der Waals surface area contributed by atoms with Gasteiger partial charge in [0.25, 0.3) is 0 Å². The van der Waals surface area contributed by atoms with Crippen LogP contribution in [0.25, 0.3) is 0 Å². The summed E-state index contributed by atoms with van der Waals surface area (Å²) in [6.45, 7) is 0. The first kappa shape index (κ1) is 9.33. The van der Waals surface area contributed by atoms with Crippen molar-refractivity contribution in [1.82, 2.24) is 10.1 Å². The zero-order valence-corrected chi connectivity index (χ0v) is 8.85. The van der Waals surface area contributed by atoms with Gasteiger partial charge in [-0.3, -0.25) is 0 Å². The van der Waals surface area contributed by atoms with Gasteiger partial charge < -0.3 is 10.3 Å². The van der Waals surface area contributed by atoms with Gasteiger partial charge in [0, 0.05) is 5.92 Å². The third kappa shape index (κ3) is 1.78. The number of rotatable bonds is 3. The highest BCUT2D eigenvalue weighted by Crippen LogP contribution is 2.40. The lowest BCUT2D eigenvalue weighted by Gasteiger charge is -2.14. The molecule has 2 saturated carbocycles. The summed E-state index contributed by atoms with van der Waals surface area (Å²) in [5.41, 5.74) is 6.15. The fourth-order valence-electron chi connectivity index (χ4n) is 2.41. The molecule has 1 unspecified atom stereocenters. The monoisotopic (exact) mass is 207 g/mol. The molecule has 2 aliphatic carbocycles. The third-order valence-corrected chi connectivity index (χ3v) is 3.59. The van der Waals surface area contributed by atoms with E-state index in [1.165, 1.54) is 38.5 Å². The molecular weight excluding hydrogens is 190 g/mol. The second-order valence-corrected chi connectivity index (χ2v) is 4.84. The minimum atomic E-state index is -0.0104. The van der Waals surface area contributed by atoms with Gasteiger partial charge in [-0.15, -0.1) is 0 Å². The average molecular weight is 207 g/mol. The van der Waals surface area contributed by atoms with Gasteiger partial charge in [-0.1, -0.05) is 18.0 Å². The predicted octanol–water partition coefficient (Wildman–Crippen LogP) is 2.14. The van der Waals surface area contributed by atoms with Crippen LogP contribution in [0.5, 0.6) is 0 Å². The van der Waals surface area contributed by atoms with Crippen LogP contribution in [-0.2, 0) is 0 Å². The SMILES string of the molecule is NC(c1noc(C2CC2)n1)C1CCCC1. The molecule has 0 saturated heterocycles. The van der Waals surface area contributed by atoms with E-state index in [-0.39, 0.29) is 6.04 Å². The molecule has 15 heavy (non-hydrogen) atoms. The van der Waals surface area contributed by atoms with Crippen LogP contribution < -0.4 is 5.73 Å². The summed E-state index contributed by atoms with van der Waals surface area (Å²) in [5, 5.41) is 4.01. The molecule has 2 aliphatic rings. The molecule has 1 aromatic rings. The molecule has 1 heterocycles. The fourth-order valence-corrected chi connectivity index (χ4v) is 2.41. The van der Waals surface area contributed by atoms with Gasteiger partial charge in [0.15, 0.2) is 5.82 Å². The molecule has 1 atom stereocenters. The van der Waals surface area contributed by atoms with E-state index in [1.807, 2.05) is 0 Å². The van der Waals surface area contributed by atoms with Gasteiger partial charge in [0.05, 0.1) is 6.04 Å². The highest BCUT2D eigenvalue weighted by Gasteiger charge is 2.32. The van der Waals surface area contributed by atoms with Crippen LogP contribution in [0.3, 0.4) is 0 Å². The Balaban J connectivity index is 1.72. The van der Waals surface area contributed by atoms with E-state index in [1.54, 1.807) is 0 Å². The van der Waals surface area contributed by atoms with E-state index in [0.717, 1.165) is 11.7 Å². The van der Waals surface area contributed by atoms with Crippen molar-refractivity contribution in [3.63, 3.8) is 0 Å². The maximum Gasteiger partial charge on any atom is 0.229 e. The first-order chi connectivity index (χ1) is 7.34. The van der Waals surface area contributed by atoms with Crippen molar-refractivity contribution >= 4 is 0 Å². The van der Waals surface area contributed by atoms with Crippen LogP contribution in [0.1, 0.15) is 62.2 Å². The Hall–Kier alpha value is -0.900. The molecule has 4 nitrogen and oxygen atoms in total. The molecule has 0 bridgehead atoms. The number of nitrogens with two attached hydrogens (primary N) is 1. The van der Waals surface area contributed by atoms with Crippen molar-refractivity contribution < 1.29 is 4.52 Å². The molecule has 2 fully saturated rings. The zero-order chi connectivity index (χ0) is 10.3. The van der Waals surface area contributed by atoms with Gasteiger partial charge in [-0.25, -0.2) is 0 Å². The lowest BCUT2D eigenvalue weighted by atomic mass is 9.99. The standard InChI is InChI=1S/C11H17N3O/c12-9(7-3-1-2-4-7)10-13-11(15-14-10)8-5-6-8/h7-9H,1-6,12H2. The average Bonchev–Trinajstić information content (AvgIpc) is 2.83. The van der Waals surface area contributed by atoms with Gasteiger partial charge in [-0.2, -0.15) is 4.98 Å². The molecule has 4 heteroatoms. The zero-order valence-electron chi connectivity index (χ0n) is 8.85. The van der Waals surface area contributed by atoms with E-state index in [9.17, 15) is 0 Å². The summed E-state index contributed by atoms with van der Waals surface area (Å²) in [5.74, 6) is 2.62. The van der Waals surface area contributed by atoms with Crippen LogP contribution >= 0.6 is 0 Å². The third-order valence-electron chi connectivity index (χ3n) is 3.59. The lowest BCUT2D eigenvalue weighted by molar-refractivity contribution is 0.356. The Morgan fingerprint density at radius 1 is 1.20 bits per heavy atom. The van der Waals surface area contributed by atoms with E-state index in [2.05, 4.69) is 10.1 Å². The highest BCUT2D eigenvalue weighted by molar-refractivity contribution is 5.04. The molecule has 3 rings (SSSR count). The summed E-state index contributed by atoms with van der Waals surface area (Å²) in [7, 11) is 0. The largest absolute Gasteiger partial charge is 0.339 e. The Kier molecular flexibility index (Phi) is 2.24. The molecule has 1 aromatic heterocycles. The molecule has 2 N–H and O–H groups in total. The van der Waals surface area contributed by atoms with Crippen molar-refractivity contribution in [2.45, 2.75) is 50.5 Å². The number of aromatic nitrogens is 2. The summed E-state index contributed by atoms with van der Waals surface area (Å²) in [4.78, 5) is 4.41. The summed E-state index contributed by atoms with van der Waals surface area (Å²) in [6.07, 6.45) is 7.42. The lowest BCUT2D eigenvalue weighted by Crippen LogP contribution is -2.20. The molecule has 0 spiro atoms. The van der Waals surface area contributed by atoms with Gasteiger partial charge >= 0.3 is 0 Å². The van der Waals surface area contributed by atoms with Crippen LogP contribution in [0.15, 0.2) is 4.52 Å². The van der Waals surface area contributed by atoms with Crippen molar-refractivity contribution in [3.05, 3.63) is 11.7 Å². The normalized spacial score (nSPS) is 24.6. The molecule has 0 amide bonds. The van der Waals surface area contributed by atoms with Gasteiger partial charge in [0.2, 0.25) is 5.89 Å². The Bertz CT molecular complexity index is 339. The topological polar surface area (TPSA) is 64.9 Å². The summed E-state index contributed by atoms with van der Waals surface area (Å²) in [6, 6.07) is -0.0104. The van der Waals surface area contributed by atoms with E-state index < -0.39 is 0 Å². The smallest absolute Gasteiger partial charge is 0.229 e. The van der Waals surface area contributed by atoms with E-state index >= 15 is 0 Å². The molecule has 0 radical (unpaired) electrons. The minimum absolute atomic E-state index is 0.0104. The van der Waals surface area contributed by atoms with Crippen LogP contribution in [0.2, 0.25) is 0 Å². The van der Waals surface area contributed by atoms with Gasteiger partial charge in [0.1, 0.15) is 0 Å². The number of nitrogens with zero attached hydrogens (tertiary/aromatic N) is 2. The van der Waals surface area contributed by atoms with Crippen molar-refractivity contribution in [1.29, 1.82) is 0 Å². The maximum atomic E-state index is 6.15. The highest BCUT2D eigenvalue weighted by atomic mass is 16.5. The van der Waals surface area contributed by atoms with Crippen molar-refractivity contribution in [2.24, 2.45) is 11.7 Å². The minimum Gasteiger partial charge on any atom is -0.339 e. The van der Waals surface area contributed by atoms with E-state index in [0.29, 0.717) is 11.8 Å². The maximum absolute atomic E-state index is 6.15. The second kappa shape index (κ2) is 3.59. The fraction of sp³-hybridized carbons (Fsp3) is 0.818. The Morgan fingerprint density at radius 2 is 1.93 bits per heavy atom. The van der Waals surface area contributed by atoms with Crippen molar-refractivity contribution in [2.75, 3.05) is 0 Å². The Labute approximate surface area is 89.2 Å².